The van der Waals surface area contributed by atoms with Gasteiger partial charge in [0, 0.05) is 17.7 Å². The maximum Gasteiger partial charge on any atom is 0.420 e. The highest BCUT2D eigenvalue weighted by atomic mass is 32.2. The van der Waals surface area contributed by atoms with Crippen LogP contribution in [-0.4, -0.2) is 23.5 Å². The fraction of sp³-hybridized carbons (Fsp3) is 0.200. The van der Waals surface area contributed by atoms with Crippen LogP contribution in [0.5, 0.6) is 0 Å². The summed E-state index contributed by atoms with van der Waals surface area (Å²) >= 11 is 0. The van der Waals surface area contributed by atoms with E-state index in [2.05, 4.69) is 16.8 Å². The Hall–Kier alpha value is -4.01. The number of oxazole rings is 1. The molecule has 2 aromatic carbocycles. The van der Waals surface area contributed by atoms with Crippen molar-refractivity contribution in [3.63, 3.8) is 0 Å². The molecule has 0 radical (unpaired) electrons. The molecule has 1 aliphatic carbocycles. The van der Waals surface area contributed by atoms with Crippen LogP contribution < -0.4 is 16.2 Å². The lowest BCUT2D eigenvalue weighted by molar-refractivity contribution is 0.489. The monoisotopic (exact) mass is 510 g/mol. The van der Waals surface area contributed by atoms with Crippen LogP contribution in [0.25, 0.3) is 11.1 Å². The van der Waals surface area contributed by atoms with Gasteiger partial charge in [-0.25, -0.2) is 22.6 Å². The number of hydrogen-bond acceptors (Lipinski definition) is 6. The van der Waals surface area contributed by atoms with Gasteiger partial charge >= 0.3 is 5.76 Å². The zero-order chi connectivity index (χ0) is 25.7. The first kappa shape index (κ1) is 23.7. The smallest absolute Gasteiger partial charge is 0.408 e. The molecule has 1 aliphatic rings. The topological polar surface area (TPSA) is 120 Å². The number of nitrogens with one attached hydrogen (secondary N) is 1. The van der Waals surface area contributed by atoms with Crippen LogP contribution in [0.3, 0.4) is 0 Å². The molecule has 2 aromatic heterocycles. The van der Waals surface area contributed by atoms with Crippen molar-refractivity contribution in [1.29, 1.82) is 0 Å². The van der Waals surface area contributed by atoms with Crippen molar-refractivity contribution < 1.29 is 21.6 Å². The first-order chi connectivity index (χ1) is 17.0. The second-order valence-electron chi connectivity index (χ2n) is 8.65. The Labute approximate surface area is 204 Å². The molecule has 2 heterocycles. The quantitative estimate of drug-likeness (QED) is 0.313. The molecule has 8 nitrogen and oxygen atoms in total. The number of halogens is 2. The van der Waals surface area contributed by atoms with Crippen LogP contribution in [0.2, 0.25) is 0 Å². The average molecular weight is 511 g/mol. The van der Waals surface area contributed by atoms with E-state index in [1.807, 2.05) is 10.8 Å². The maximum atomic E-state index is 15.0. The average Bonchev–Trinajstić information content (AvgIpc) is 3.47. The Morgan fingerprint density at radius 2 is 1.92 bits per heavy atom. The fourth-order valence-corrected chi connectivity index (χ4v) is 4.82. The molecule has 1 atom stereocenters. The zero-order valence-corrected chi connectivity index (χ0v) is 19.8. The summed E-state index contributed by atoms with van der Waals surface area (Å²) in [4.78, 5) is 15.4. The van der Waals surface area contributed by atoms with Gasteiger partial charge in [0.1, 0.15) is 16.5 Å². The van der Waals surface area contributed by atoms with Crippen LogP contribution >= 0.6 is 0 Å². The summed E-state index contributed by atoms with van der Waals surface area (Å²) in [5.41, 5.74) is 6.96. The number of rotatable bonds is 5. The first-order valence-corrected chi connectivity index (χ1v) is 12.4. The molecule has 1 saturated carbocycles. The Morgan fingerprint density at radius 3 is 2.64 bits per heavy atom. The lowest BCUT2D eigenvalue weighted by Gasteiger charge is -2.14. The van der Waals surface area contributed by atoms with Gasteiger partial charge in [-0.1, -0.05) is 30.0 Å². The van der Waals surface area contributed by atoms with E-state index in [0.29, 0.717) is 11.1 Å². The van der Waals surface area contributed by atoms with E-state index in [1.165, 1.54) is 16.7 Å². The predicted octanol–water partition coefficient (Wildman–Crippen LogP) is 3.52. The number of pyridine rings is 1. The highest BCUT2D eigenvalue weighted by molar-refractivity contribution is 7.92. The third-order valence-corrected chi connectivity index (χ3v) is 7.28. The van der Waals surface area contributed by atoms with E-state index in [1.54, 1.807) is 25.1 Å². The number of nitrogens with zero attached hydrogens (tertiary/aromatic N) is 2. The van der Waals surface area contributed by atoms with Crippen LogP contribution in [0.15, 0.2) is 68.7 Å². The molecule has 11 heteroatoms. The standard InChI is InChI=1S/C25H20F2N4O4S/c1-15(17-5-2-4-16(12-17)8-9-25(28)10-11-25)31-19-13-18(26)21(14-20(19)35-24(31)32)36(33,34)30-23-7-3-6-22(27)29-23/h2-7,12-15H,10-11,28H2,1H3,(H,29,30)/t15-/m1/s1. The minimum absolute atomic E-state index is 0.0724. The highest BCUT2D eigenvalue weighted by Crippen LogP contribution is 2.31. The number of benzene rings is 2. The number of anilines is 1. The highest BCUT2D eigenvalue weighted by Gasteiger charge is 2.36. The van der Waals surface area contributed by atoms with E-state index in [-0.39, 0.29) is 16.9 Å². The van der Waals surface area contributed by atoms with Crippen LogP contribution in [-0.2, 0) is 10.0 Å². The van der Waals surface area contributed by atoms with Gasteiger partial charge in [0.05, 0.1) is 17.1 Å². The third-order valence-electron chi connectivity index (χ3n) is 5.91. The van der Waals surface area contributed by atoms with E-state index in [0.717, 1.165) is 31.0 Å². The molecule has 0 unspecified atom stereocenters. The fourth-order valence-electron chi connectivity index (χ4n) is 3.75. The van der Waals surface area contributed by atoms with Crippen LogP contribution in [0, 0.1) is 23.6 Å². The van der Waals surface area contributed by atoms with Crippen molar-refractivity contribution in [1.82, 2.24) is 9.55 Å². The maximum absolute atomic E-state index is 15.0. The molecule has 4 aromatic rings. The summed E-state index contributed by atoms with van der Waals surface area (Å²) in [6, 6.07) is 12.0. The lowest BCUT2D eigenvalue weighted by atomic mass is 10.0. The van der Waals surface area contributed by atoms with Gasteiger partial charge in [0.25, 0.3) is 10.0 Å². The Morgan fingerprint density at radius 1 is 1.17 bits per heavy atom. The number of sulfonamides is 1. The predicted molar refractivity (Wildman–Crippen MR) is 129 cm³/mol. The largest absolute Gasteiger partial charge is 0.420 e. The van der Waals surface area contributed by atoms with Crippen LogP contribution in [0.1, 0.15) is 36.9 Å². The Kier molecular flexibility index (Phi) is 5.65. The molecule has 0 bridgehead atoms. The molecular formula is C25H20F2N4O4S. The lowest BCUT2D eigenvalue weighted by Crippen LogP contribution is -2.19. The minimum Gasteiger partial charge on any atom is -0.408 e. The van der Waals surface area contributed by atoms with Crippen molar-refractivity contribution >= 4 is 26.9 Å². The van der Waals surface area contributed by atoms with Gasteiger partial charge in [-0.15, -0.1) is 0 Å². The van der Waals surface area contributed by atoms with Crippen molar-refractivity contribution in [3.05, 3.63) is 88.0 Å². The van der Waals surface area contributed by atoms with Gasteiger partial charge in [-0.3, -0.25) is 9.29 Å². The van der Waals surface area contributed by atoms with E-state index < -0.39 is 44.0 Å². The molecule has 0 amide bonds. The van der Waals surface area contributed by atoms with Crippen molar-refractivity contribution in [2.75, 3.05) is 4.72 Å². The van der Waals surface area contributed by atoms with Crippen molar-refractivity contribution in [2.24, 2.45) is 5.73 Å². The second kappa shape index (κ2) is 8.58. The Bertz CT molecular complexity index is 1730. The number of nitrogens with two attached hydrogens (primary N) is 1. The number of hydrogen-bond donors (Lipinski definition) is 2. The SMILES string of the molecule is C[C@H](c1cccc(C#CC2(N)CC2)c1)n1c(=O)oc2cc(S(=O)(=O)Nc3cccc(F)n3)c(F)cc21. The number of aromatic nitrogens is 2. The molecule has 184 valence electrons. The summed E-state index contributed by atoms with van der Waals surface area (Å²) in [5, 5.41) is 0. The van der Waals surface area contributed by atoms with Crippen LogP contribution in [0.4, 0.5) is 14.6 Å². The molecule has 0 aliphatic heterocycles. The summed E-state index contributed by atoms with van der Waals surface area (Å²) in [7, 11) is -4.50. The van der Waals surface area contributed by atoms with Gasteiger partial charge in [-0.2, -0.15) is 4.39 Å². The normalized spacial score (nSPS) is 15.2. The molecular weight excluding hydrogens is 490 g/mol. The third kappa shape index (κ3) is 4.60. The molecule has 0 saturated heterocycles. The van der Waals surface area contributed by atoms with Gasteiger partial charge < -0.3 is 10.2 Å². The second-order valence-corrected chi connectivity index (χ2v) is 10.3. The summed E-state index contributed by atoms with van der Waals surface area (Å²) < 4.78 is 62.3. The molecule has 0 spiro atoms. The van der Waals surface area contributed by atoms with Gasteiger partial charge in [-0.05, 0) is 49.6 Å². The summed E-state index contributed by atoms with van der Waals surface area (Å²) in [6.45, 7) is 1.73. The van der Waals surface area contributed by atoms with E-state index in [4.69, 9.17) is 10.2 Å². The number of fused-ring (bicyclic) bond motifs is 1. The van der Waals surface area contributed by atoms with Crippen molar-refractivity contribution in [3.8, 4) is 11.8 Å². The minimum atomic E-state index is -4.50. The molecule has 1 fully saturated rings. The van der Waals surface area contributed by atoms with Gasteiger partial charge in [0.2, 0.25) is 5.95 Å². The first-order valence-electron chi connectivity index (χ1n) is 11.0. The van der Waals surface area contributed by atoms with E-state index in [9.17, 15) is 17.6 Å². The molecule has 3 N–H and O–H groups in total. The Balaban J connectivity index is 1.51. The summed E-state index contributed by atoms with van der Waals surface area (Å²) in [6.07, 6.45) is 1.70. The van der Waals surface area contributed by atoms with Crippen molar-refractivity contribution in [2.45, 2.75) is 36.2 Å². The molecule has 36 heavy (non-hydrogen) atoms. The van der Waals surface area contributed by atoms with E-state index >= 15 is 4.39 Å². The zero-order valence-electron chi connectivity index (χ0n) is 19.0. The van der Waals surface area contributed by atoms with Gasteiger partial charge in [0.15, 0.2) is 5.58 Å². The summed E-state index contributed by atoms with van der Waals surface area (Å²) in [5.74, 6) is 2.94. The molecule has 5 rings (SSSR count).